The normalized spacial score (nSPS) is 10.8. The zero-order valence-electron chi connectivity index (χ0n) is 13.1. The van der Waals surface area contributed by atoms with Crippen molar-refractivity contribution >= 4 is 28.5 Å². The van der Waals surface area contributed by atoms with Crippen molar-refractivity contribution in [2.45, 2.75) is 6.92 Å². The van der Waals surface area contributed by atoms with Crippen LogP contribution in [-0.4, -0.2) is 24.8 Å². The summed E-state index contributed by atoms with van der Waals surface area (Å²) in [6.45, 7) is 1.94. The second kappa shape index (κ2) is 6.45. The first kappa shape index (κ1) is 16.2. The van der Waals surface area contributed by atoms with Crippen LogP contribution in [0.5, 0.6) is 11.5 Å². The smallest absolute Gasteiger partial charge is 0.342 e. The summed E-state index contributed by atoms with van der Waals surface area (Å²) in [5.74, 6) is 0.277. The number of esters is 1. The highest BCUT2D eigenvalue weighted by Crippen LogP contribution is 2.40. The Hall–Kier alpha value is -2.66. The molecular formula is C18H15ClO5. The molecule has 3 rings (SSSR count). The summed E-state index contributed by atoms with van der Waals surface area (Å²) in [4.78, 5) is 12.5. The summed E-state index contributed by atoms with van der Waals surface area (Å²) in [5.41, 5.74) is 1.21. The van der Waals surface area contributed by atoms with Gasteiger partial charge in [-0.25, -0.2) is 4.79 Å². The minimum atomic E-state index is -0.543. The molecule has 1 heterocycles. The molecule has 0 saturated heterocycles. The maximum Gasteiger partial charge on any atom is 0.342 e. The van der Waals surface area contributed by atoms with E-state index in [9.17, 15) is 9.90 Å². The molecule has 0 aliphatic rings. The summed E-state index contributed by atoms with van der Waals surface area (Å²) >= 11 is 6.09. The molecule has 0 atom stereocenters. The van der Waals surface area contributed by atoms with E-state index >= 15 is 0 Å². The van der Waals surface area contributed by atoms with Crippen LogP contribution in [0.25, 0.3) is 22.3 Å². The summed E-state index contributed by atoms with van der Waals surface area (Å²) < 4.78 is 16.3. The van der Waals surface area contributed by atoms with Gasteiger partial charge in [-0.2, -0.15) is 0 Å². The van der Waals surface area contributed by atoms with Crippen molar-refractivity contribution in [3.8, 4) is 22.8 Å². The Labute approximate surface area is 143 Å². The number of furan rings is 1. The molecule has 0 amide bonds. The van der Waals surface area contributed by atoms with Gasteiger partial charge < -0.3 is 19.0 Å². The van der Waals surface area contributed by atoms with Crippen LogP contribution in [-0.2, 0) is 4.74 Å². The molecule has 0 spiro atoms. The Morgan fingerprint density at radius 2 is 2.04 bits per heavy atom. The fourth-order valence-electron chi connectivity index (χ4n) is 2.54. The van der Waals surface area contributed by atoms with E-state index in [2.05, 4.69) is 0 Å². The molecule has 0 bridgehead atoms. The van der Waals surface area contributed by atoms with Crippen molar-refractivity contribution in [2.24, 2.45) is 0 Å². The highest BCUT2D eigenvalue weighted by Gasteiger charge is 2.25. The van der Waals surface area contributed by atoms with Crippen molar-refractivity contribution in [1.29, 1.82) is 0 Å². The molecule has 1 N–H and O–H groups in total. The number of phenolic OH excluding ortho intramolecular Hbond substituents is 1. The summed E-state index contributed by atoms with van der Waals surface area (Å²) in [6.07, 6.45) is 0. The first-order valence-electron chi connectivity index (χ1n) is 7.31. The summed E-state index contributed by atoms with van der Waals surface area (Å²) in [5, 5.41) is 10.7. The third-order valence-corrected chi connectivity index (χ3v) is 3.79. The predicted octanol–water partition coefficient (Wildman–Crippen LogP) is 4.64. The standard InChI is InChI=1S/C18H15ClO5/c1-3-23-18(21)16-12-9-11(20)5-7-15(12)24-17(16)13-8-10(19)4-6-14(13)22-2/h4-9,20H,3H2,1-2H3. The molecule has 0 radical (unpaired) electrons. The Bertz CT molecular complexity index is 913. The lowest BCUT2D eigenvalue weighted by Crippen LogP contribution is -2.05. The average Bonchev–Trinajstić information content (AvgIpc) is 2.93. The lowest BCUT2D eigenvalue weighted by Gasteiger charge is -2.08. The predicted molar refractivity (Wildman–Crippen MR) is 90.8 cm³/mol. The number of fused-ring (bicyclic) bond motifs is 1. The molecule has 0 fully saturated rings. The number of ether oxygens (including phenoxy) is 2. The van der Waals surface area contributed by atoms with E-state index in [1.54, 1.807) is 31.2 Å². The maximum atomic E-state index is 12.5. The zero-order chi connectivity index (χ0) is 17.3. The van der Waals surface area contributed by atoms with E-state index in [4.69, 9.17) is 25.5 Å². The van der Waals surface area contributed by atoms with Gasteiger partial charge in [0.25, 0.3) is 0 Å². The lowest BCUT2D eigenvalue weighted by atomic mass is 10.0. The molecule has 1 aromatic heterocycles. The molecule has 0 aliphatic heterocycles. The Morgan fingerprint density at radius 1 is 1.25 bits per heavy atom. The second-order valence-electron chi connectivity index (χ2n) is 5.05. The van der Waals surface area contributed by atoms with Gasteiger partial charge in [-0.1, -0.05) is 11.6 Å². The van der Waals surface area contributed by atoms with Crippen molar-refractivity contribution < 1.29 is 23.8 Å². The van der Waals surface area contributed by atoms with Crippen LogP contribution in [0.1, 0.15) is 17.3 Å². The average molecular weight is 347 g/mol. The monoisotopic (exact) mass is 346 g/mol. The van der Waals surface area contributed by atoms with Gasteiger partial charge in [0.2, 0.25) is 0 Å². The van der Waals surface area contributed by atoms with Crippen LogP contribution in [0, 0.1) is 0 Å². The fraction of sp³-hybridized carbons (Fsp3) is 0.167. The highest BCUT2D eigenvalue weighted by molar-refractivity contribution is 6.31. The Kier molecular flexibility index (Phi) is 4.36. The van der Waals surface area contributed by atoms with Crippen molar-refractivity contribution in [3.63, 3.8) is 0 Å². The molecule has 0 unspecified atom stereocenters. The number of rotatable bonds is 4. The van der Waals surface area contributed by atoms with Crippen LogP contribution < -0.4 is 4.74 Å². The molecule has 0 saturated carbocycles. The minimum Gasteiger partial charge on any atom is -0.508 e. The van der Waals surface area contributed by atoms with Gasteiger partial charge in [-0.15, -0.1) is 0 Å². The molecule has 0 aliphatic carbocycles. The van der Waals surface area contributed by atoms with E-state index < -0.39 is 5.97 Å². The van der Waals surface area contributed by atoms with Crippen LogP contribution in [0.4, 0.5) is 0 Å². The first-order chi connectivity index (χ1) is 11.5. The van der Waals surface area contributed by atoms with E-state index in [-0.39, 0.29) is 23.7 Å². The van der Waals surface area contributed by atoms with Crippen molar-refractivity contribution in [3.05, 3.63) is 47.0 Å². The van der Waals surface area contributed by atoms with Gasteiger partial charge in [0, 0.05) is 10.4 Å². The van der Waals surface area contributed by atoms with Gasteiger partial charge in [-0.05, 0) is 43.3 Å². The Balaban J connectivity index is 2.33. The molecular weight excluding hydrogens is 332 g/mol. The molecule has 5 nitrogen and oxygen atoms in total. The topological polar surface area (TPSA) is 68.9 Å². The van der Waals surface area contributed by atoms with E-state index in [0.29, 0.717) is 27.3 Å². The number of methoxy groups -OCH3 is 1. The number of aromatic hydroxyl groups is 1. The quantitative estimate of drug-likeness (QED) is 0.697. The van der Waals surface area contributed by atoms with Crippen molar-refractivity contribution in [1.82, 2.24) is 0 Å². The molecule has 3 aromatic rings. The summed E-state index contributed by atoms with van der Waals surface area (Å²) in [7, 11) is 1.52. The second-order valence-corrected chi connectivity index (χ2v) is 5.49. The van der Waals surface area contributed by atoms with Gasteiger partial charge in [0.05, 0.1) is 19.3 Å². The number of carbonyl (C=O) groups is 1. The largest absolute Gasteiger partial charge is 0.508 e. The number of phenols is 1. The van der Waals surface area contributed by atoms with Gasteiger partial charge in [0.15, 0.2) is 5.76 Å². The number of benzene rings is 2. The molecule has 6 heteroatoms. The van der Waals surface area contributed by atoms with Crippen LogP contribution in [0.15, 0.2) is 40.8 Å². The Morgan fingerprint density at radius 3 is 2.75 bits per heavy atom. The number of hydrogen-bond donors (Lipinski definition) is 1. The zero-order valence-corrected chi connectivity index (χ0v) is 13.9. The summed E-state index contributed by atoms with van der Waals surface area (Å²) in [6, 6.07) is 9.57. The van der Waals surface area contributed by atoms with Crippen LogP contribution in [0.3, 0.4) is 0 Å². The SMILES string of the molecule is CCOC(=O)c1c(-c2cc(Cl)ccc2OC)oc2ccc(O)cc12. The van der Waals surface area contributed by atoms with Gasteiger partial charge >= 0.3 is 5.97 Å². The lowest BCUT2D eigenvalue weighted by molar-refractivity contribution is 0.0529. The van der Waals surface area contributed by atoms with Crippen LogP contribution in [0.2, 0.25) is 5.02 Å². The highest BCUT2D eigenvalue weighted by atomic mass is 35.5. The molecule has 2 aromatic carbocycles. The van der Waals surface area contributed by atoms with Gasteiger partial charge in [0.1, 0.15) is 22.6 Å². The fourth-order valence-corrected chi connectivity index (χ4v) is 2.71. The molecule has 124 valence electrons. The number of halogens is 1. The maximum absolute atomic E-state index is 12.5. The van der Waals surface area contributed by atoms with E-state index in [1.165, 1.54) is 19.2 Å². The number of carbonyl (C=O) groups excluding carboxylic acids is 1. The first-order valence-corrected chi connectivity index (χ1v) is 7.69. The van der Waals surface area contributed by atoms with Gasteiger partial charge in [-0.3, -0.25) is 0 Å². The van der Waals surface area contributed by atoms with Crippen molar-refractivity contribution in [2.75, 3.05) is 13.7 Å². The van der Waals surface area contributed by atoms with Crippen LogP contribution >= 0.6 is 11.6 Å². The minimum absolute atomic E-state index is 0.0263. The van der Waals surface area contributed by atoms with E-state index in [1.807, 2.05) is 0 Å². The molecule has 24 heavy (non-hydrogen) atoms. The third kappa shape index (κ3) is 2.78. The number of hydrogen-bond acceptors (Lipinski definition) is 5. The third-order valence-electron chi connectivity index (χ3n) is 3.56. The van der Waals surface area contributed by atoms with E-state index in [0.717, 1.165) is 0 Å².